The Balaban J connectivity index is 2.53. The molecule has 0 aliphatic heterocycles. The molecule has 13 nitrogen and oxygen atoms in total. The first-order valence-corrected chi connectivity index (χ1v) is 9.34. The molecule has 0 bridgehead atoms. The molecule has 14 heteroatoms. The van der Waals surface area contributed by atoms with Crippen LogP contribution in [0.1, 0.15) is 32.1 Å². The van der Waals surface area contributed by atoms with Crippen molar-refractivity contribution < 1.29 is 28.3 Å². The smallest absolute Gasteiger partial charge is 0.331 e. The third-order valence-corrected chi connectivity index (χ3v) is 3.92. The number of unbranched alkanes of at least 4 members (excludes halogenated alkanes) is 1. The van der Waals surface area contributed by atoms with Crippen LogP contribution in [0.3, 0.4) is 0 Å². The summed E-state index contributed by atoms with van der Waals surface area (Å²) in [5.41, 5.74) is 8.20. The number of nitrogens with one attached hydrogen (secondary N) is 3. The number of primary amides is 1. The number of rotatable bonds is 13. The predicted molar refractivity (Wildman–Crippen MR) is 104 cm³/mol. The summed E-state index contributed by atoms with van der Waals surface area (Å²) in [6.07, 6.45) is 1.29. The van der Waals surface area contributed by atoms with Gasteiger partial charge in [-0.1, -0.05) is 0 Å². The van der Waals surface area contributed by atoms with E-state index in [-0.39, 0.29) is 25.8 Å². The monoisotopic (exact) mass is 444 g/mol. The third-order valence-electron chi connectivity index (χ3n) is 3.92. The Kier molecular flexibility index (Phi) is 10.6. The van der Waals surface area contributed by atoms with Crippen LogP contribution in [0.5, 0.6) is 0 Å². The van der Waals surface area contributed by atoms with E-state index >= 15 is 0 Å². The molecule has 1 aromatic rings. The fraction of sp³-hybridized carbons (Fsp3) is 0.529. The molecule has 1 aromatic heterocycles. The van der Waals surface area contributed by atoms with E-state index in [1.54, 1.807) is 4.98 Å². The summed E-state index contributed by atoms with van der Waals surface area (Å²) in [7, 11) is 0. The SMILES string of the molecule is NCCCCC(NC(=O)CCC(=O)OCn1cc(F)c(=O)[nH]c1=O)C(=O)NCC(N)=O. The topological polar surface area (TPSA) is 208 Å². The summed E-state index contributed by atoms with van der Waals surface area (Å²) in [6, 6.07) is -0.947. The Morgan fingerprint density at radius 2 is 1.90 bits per heavy atom. The van der Waals surface area contributed by atoms with E-state index in [4.69, 9.17) is 16.2 Å². The van der Waals surface area contributed by atoms with Crippen molar-refractivity contribution in [1.29, 1.82) is 0 Å². The largest absolute Gasteiger partial charge is 0.444 e. The van der Waals surface area contributed by atoms with Crippen LogP contribution in [0.15, 0.2) is 15.8 Å². The number of H-pyrrole nitrogens is 1. The van der Waals surface area contributed by atoms with Crippen molar-refractivity contribution in [2.45, 2.75) is 44.9 Å². The lowest BCUT2D eigenvalue weighted by Crippen LogP contribution is -2.48. The Labute approximate surface area is 175 Å². The first-order chi connectivity index (χ1) is 14.6. The molecule has 3 amide bonds. The molecule has 0 saturated heterocycles. The number of nitrogens with zero attached hydrogens (tertiary/aromatic N) is 1. The highest BCUT2D eigenvalue weighted by Gasteiger charge is 2.21. The molecule has 1 atom stereocenters. The number of hydrogen-bond acceptors (Lipinski definition) is 8. The molecule has 0 radical (unpaired) electrons. The predicted octanol–water partition coefficient (Wildman–Crippen LogP) is -2.83. The van der Waals surface area contributed by atoms with Gasteiger partial charge in [0.2, 0.25) is 23.5 Å². The summed E-state index contributed by atoms with van der Waals surface area (Å²) in [4.78, 5) is 70.9. The minimum Gasteiger partial charge on any atom is -0.444 e. The van der Waals surface area contributed by atoms with Gasteiger partial charge in [-0.15, -0.1) is 0 Å². The molecule has 0 saturated carbocycles. The van der Waals surface area contributed by atoms with Gasteiger partial charge in [-0.05, 0) is 25.8 Å². The molecular formula is C17H25FN6O7. The Bertz CT molecular complexity index is 913. The van der Waals surface area contributed by atoms with Crippen molar-refractivity contribution in [3.63, 3.8) is 0 Å². The van der Waals surface area contributed by atoms with Gasteiger partial charge in [-0.2, -0.15) is 4.39 Å². The maximum atomic E-state index is 13.2. The minimum absolute atomic E-state index is 0.263. The van der Waals surface area contributed by atoms with E-state index in [0.29, 0.717) is 30.2 Å². The fourth-order valence-electron chi connectivity index (χ4n) is 2.33. The van der Waals surface area contributed by atoms with Gasteiger partial charge in [-0.3, -0.25) is 33.5 Å². The average molecular weight is 444 g/mol. The van der Waals surface area contributed by atoms with Crippen LogP contribution in [0.2, 0.25) is 0 Å². The highest BCUT2D eigenvalue weighted by molar-refractivity contribution is 5.90. The second-order valence-corrected chi connectivity index (χ2v) is 6.44. The summed E-state index contributed by atoms with van der Waals surface area (Å²) >= 11 is 0. The molecule has 172 valence electrons. The quantitative estimate of drug-likeness (QED) is 0.158. The highest BCUT2D eigenvalue weighted by atomic mass is 19.1. The van der Waals surface area contributed by atoms with Crippen LogP contribution in [0.4, 0.5) is 4.39 Å². The number of hydrogen-bond donors (Lipinski definition) is 5. The first kappa shape index (κ1) is 25.5. The lowest BCUT2D eigenvalue weighted by Gasteiger charge is -2.18. The van der Waals surface area contributed by atoms with Crippen LogP contribution in [-0.2, 0) is 30.6 Å². The van der Waals surface area contributed by atoms with E-state index < -0.39 is 53.5 Å². The number of carbonyl (C=O) groups is 4. The van der Waals surface area contributed by atoms with E-state index in [0.717, 1.165) is 0 Å². The number of aromatic amines is 1. The Morgan fingerprint density at radius 1 is 1.19 bits per heavy atom. The number of carbonyl (C=O) groups excluding carboxylic acids is 4. The van der Waals surface area contributed by atoms with Gasteiger partial charge in [0.25, 0.3) is 5.56 Å². The lowest BCUT2D eigenvalue weighted by atomic mass is 10.1. The van der Waals surface area contributed by atoms with Gasteiger partial charge in [0.15, 0.2) is 6.73 Å². The minimum atomic E-state index is -1.23. The number of halogens is 1. The van der Waals surface area contributed by atoms with Crippen molar-refractivity contribution in [3.8, 4) is 0 Å². The summed E-state index contributed by atoms with van der Waals surface area (Å²) < 4.78 is 18.6. The standard InChI is InChI=1S/C17H25FN6O7/c18-10-8-24(17(30)23-15(10)28)9-31-14(27)5-4-13(26)22-11(3-1-2-6-19)16(29)21-7-12(20)25/h8,11H,1-7,9,19H2,(H2,20,25)(H,21,29)(H,22,26)(H,23,28,30). The van der Waals surface area contributed by atoms with Crippen LogP contribution < -0.4 is 33.3 Å². The summed E-state index contributed by atoms with van der Waals surface area (Å²) in [6.45, 7) is -0.652. The van der Waals surface area contributed by atoms with Crippen LogP contribution in [0, 0.1) is 5.82 Å². The van der Waals surface area contributed by atoms with E-state index in [1.165, 1.54) is 0 Å². The summed E-state index contributed by atoms with van der Waals surface area (Å²) in [5.74, 6) is -4.08. The Morgan fingerprint density at radius 3 is 2.55 bits per heavy atom. The summed E-state index contributed by atoms with van der Waals surface area (Å²) in [5, 5.41) is 4.75. The second kappa shape index (κ2) is 12.9. The van der Waals surface area contributed by atoms with Crippen molar-refractivity contribution in [2.24, 2.45) is 11.5 Å². The molecule has 1 rings (SSSR count). The van der Waals surface area contributed by atoms with Crippen molar-refractivity contribution in [3.05, 3.63) is 32.9 Å². The van der Waals surface area contributed by atoms with Gasteiger partial charge in [-0.25, -0.2) is 4.79 Å². The van der Waals surface area contributed by atoms with Crippen molar-refractivity contribution in [2.75, 3.05) is 13.1 Å². The number of amides is 3. The van der Waals surface area contributed by atoms with E-state index in [2.05, 4.69) is 10.6 Å². The Hall–Kier alpha value is -3.55. The first-order valence-electron chi connectivity index (χ1n) is 9.34. The maximum absolute atomic E-state index is 13.2. The number of esters is 1. The van der Waals surface area contributed by atoms with Crippen molar-refractivity contribution in [1.82, 2.24) is 20.2 Å². The van der Waals surface area contributed by atoms with Crippen LogP contribution >= 0.6 is 0 Å². The average Bonchev–Trinajstić information content (AvgIpc) is 2.71. The van der Waals surface area contributed by atoms with E-state index in [1.807, 2.05) is 0 Å². The van der Waals surface area contributed by atoms with Gasteiger partial charge < -0.3 is 26.8 Å². The van der Waals surface area contributed by atoms with Gasteiger partial charge >= 0.3 is 11.7 Å². The zero-order chi connectivity index (χ0) is 23.4. The van der Waals surface area contributed by atoms with Crippen LogP contribution in [-0.4, -0.2) is 52.4 Å². The molecule has 1 unspecified atom stereocenters. The molecule has 1 heterocycles. The van der Waals surface area contributed by atoms with Crippen molar-refractivity contribution >= 4 is 23.7 Å². The zero-order valence-electron chi connectivity index (χ0n) is 16.6. The number of ether oxygens (including phenoxy) is 1. The van der Waals surface area contributed by atoms with Gasteiger partial charge in [0.05, 0.1) is 19.2 Å². The van der Waals surface area contributed by atoms with Gasteiger partial charge in [0, 0.05) is 6.42 Å². The lowest BCUT2D eigenvalue weighted by molar-refractivity contribution is -0.148. The maximum Gasteiger partial charge on any atom is 0.331 e. The second-order valence-electron chi connectivity index (χ2n) is 6.44. The molecule has 7 N–H and O–H groups in total. The molecule has 0 aromatic carbocycles. The molecule has 0 spiro atoms. The number of nitrogens with two attached hydrogens (primary N) is 2. The fourth-order valence-corrected chi connectivity index (χ4v) is 2.33. The molecule has 0 aliphatic carbocycles. The zero-order valence-corrected chi connectivity index (χ0v) is 16.6. The van der Waals surface area contributed by atoms with Gasteiger partial charge in [0.1, 0.15) is 6.04 Å². The van der Waals surface area contributed by atoms with E-state index in [9.17, 15) is 33.2 Å². The number of aromatic nitrogens is 2. The molecule has 0 fully saturated rings. The highest BCUT2D eigenvalue weighted by Crippen LogP contribution is 2.03. The van der Waals surface area contributed by atoms with Crippen LogP contribution in [0.25, 0.3) is 0 Å². The molecule has 31 heavy (non-hydrogen) atoms. The third kappa shape index (κ3) is 9.66. The normalized spacial score (nSPS) is 11.4. The molecule has 0 aliphatic rings. The molecular weight excluding hydrogens is 419 g/mol.